The van der Waals surface area contributed by atoms with E-state index >= 15 is 0 Å². The summed E-state index contributed by atoms with van der Waals surface area (Å²) in [7, 11) is 0. The maximum Gasteiger partial charge on any atom is 0.270 e. The highest BCUT2D eigenvalue weighted by Crippen LogP contribution is 2.23. The Morgan fingerprint density at radius 3 is 2.95 bits per heavy atom. The number of carbonyl (C=O) groups is 1. The summed E-state index contributed by atoms with van der Waals surface area (Å²) in [5.41, 5.74) is 6.98. The molecular weight excluding hydrogens is 245 g/mol. The molecule has 1 amide bonds. The zero-order chi connectivity index (χ0) is 13.6. The second-order valence-electron chi connectivity index (χ2n) is 5.08. The minimum absolute atomic E-state index is 0.0174. The van der Waals surface area contributed by atoms with Gasteiger partial charge in [0.05, 0.1) is 0 Å². The molecule has 3 rings (SSSR count). The molecular formula is C14H16FN3O. The van der Waals surface area contributed by atoms with Gasteiger partial charge in [-0.1, -0.05) is 6.07 Å². The molecule has 4 nitrogen and oxygen atoms in total. The first-order valence-electron chi connectivity index (χ1n) is 6.41. The molecule has 1 fully saturated rings. The Kier molecular flexibility index (Phi) is 2.78. The van der Waals surface area contributed by atoms with Crippen molar-refractivity contribution in [2.24, 2.45) is 5.73 Å². The number of carbonyl (C=O) groups excluding carboxylic acids is 1. The van der Waals surface area contributed by atoms with Crippen LogP contribution in [0.25, 0.3) is 10.9 Å². The minimum atomic E-state index is -0.320. The Balaban J connectivity index is 1.96. The van der Waals surface area contributed by atoms with Gasteiger partial charge >= 0.3 is 0 Å². The van der Waals surface area contributed by atoms with Gasteiger partial charge in [0.25, 0.3) is 5.91 Å². The highest BCUT2D eigenvalue weighted by Gasteiger charge is 2.32. The van der Waals surface area contributed by atoms with Crippen molar-refractivity contribution in [1.82, 2.24) is 9.88 Å². The third-order valence-electron chi connectivity index (χ3n) is 3.92. The van der Waals surface area contributed by atoms with Crippen molar-refractivity contribution >= 4 is 16.8 Å². The number of rotatable bonds is 1. The Morgan fingerprint density at radius 2 is 2.32 bits per heavy atom. The predicted octanol–water partition coefficient (Wildman–Crippen LogP) is 1.87. The normalized spacial score (nSPS) is 23.2. The van der Waals surface area contributed by atoms with E-state index in [-0.39, 0.29) is 23.8 Å². The van der Waals surface area contributed by atoms with Crippen LogP contribution in [0.4, 0.5) is 4.39 Å². The number of nitrogens with one attached hydrogen (secondary N) is 1. The van der Waals surface area contributed by atoms with Gasteiger partial charge in [0, 0.05) is 29.5 Å². The number of aromatic amines is 1. The first-order valence-corrected chi connectivity index (χ1v) is 6.41. The summed E-state index contributed by atoms with van der Waals surface area (Å²) in [6.07, 6.45) is 0.807. The van der Waals surface area contributed by atoms with Crippen LogP contribution < -0.4 is 5.73 Å². The average Bonchev–Trinajstić information content (AvgIpc) is 2.95. The Bertz CT molecular complexity index is 637. The van der Waals surface area contributed by atoms with Gasteiger partial charge in [-0.05, 0) is 31.5 Å². The van der Waals surface area contributed by atoms with Gasteiger partial charge < -0.3 is 15.6 Å². The van der Waals surface area contributed by atoms with Crippen LogP contribution in [0, 0.1) is 5.82 Å². The standard InChI is InChI=1S/C14H16FN3O/c1-8-11(16)5-6-18(8)14(19)13-7-9-10(15)3-2-4-12(9)17-13/h2-4,7-8,11,17H,5-6,16H2,1H3/t8-,11-/m0/s1. The summed E-state index contributed by atoms with van der Waals surface area (Å²) in [5.74, 6) is -0.435. The monoisotopic (exact) mass is 261 g/mol. The first kappa shape index (κ1) is 12.2. The van der Waals surface area contributed by atoms with E-state index in [0.29, 0.717) is 23.1 Å². The second kappa shape index (κ2) is 4.35. The number of aromatic nitrogens is 1. The van der Waals surface area contributed by atoms with E-state index in [2.05, 4.69) is 4.98 Å². The zero-order valence-corrected chi connectivity index (χ0v) is 10.7. The van der Waals surface area contributed by atoms with Crippen molar-refractivity contribution in [2.45, 2.75) is 25.4 Å². The van der Waals surface area contributed by atoms with E-state index in [9.17, 15) is 9.18 Å². The lowest BCUT2D eigenvalue weighted by molar-refractivity contribution is 0.0737. The largest absolute Gasteiger partial charge is 0.350 e. The van der Waals surface area contributed by atoms with Gasteiger partial charge in [0.1, 0.15) is 11.5 Å². The lowest BCUT2D eigenvalue weighted by Crippen LogP contribution is -2.40. The molecule has 1 aromatic carbocycles. The number of amides is 1. The van der Waals surface area contributed by atoms with Crippen LogP contribution in [0.3, 0.4) is 0 Å². The Labute approximate surface area is 110 Å². The molecule has 0 spiro atoms. The van der Waals surface area contributed by atoms with Gasteiger partial charge in [0.15, 0.2) is 0 Å². The molecule has 2 heterocycles. The van der Waals surface area contributed by atoms with Gasteiger partial charge in [-0.2, -0.15) is 0 Å². The molecule has 2 atom stereocenters. The van der Waals surface area contributed by atoms with Crippen molar-refractivity contribution in [3.8, 4) is 0 Å². The number of H-pyrrole nitrogens is 1. The number of nitrogens with two attached hydrogens (primary N) is 1. The fourth-order valence-electron chi connectivity index (χ4n) is 2.64. The number of hydrogen-bond acceptors (Lipinski definition) is 2. The van der Waals surface area contributed by atoms with Crippen molar-refractivity contribution in [2.75, 3.05) is 6.54 Å². The van der Waals surface area contributed by atoms with Crippen molar-refractivity contribution in [1.29, 1.82) is 0 Å². The first-order chi connectivity index (χ1) is 9.08. The van der Waals surface area contributed by atoms with E-state index in [1.807, 2.05) is 6.92 Å². The number of likely N-dealkylation sites (tertiary alicyclic amines) is 1. The topological polar surface area (TPSA) is 62.1 Å². The molecule has 0 radical (unpaired) electrons. The summed E-state index contributed by atoms with van der Waals surface area (Å²) < 4.78 is 13.6. The molecule has 5 heteroatoms. The molecule has 0 unspecified atom stereocenters. The van der Waals surface area contributed by atoms with Gasteiger partial charge in [-0.3, -0.25) is 4.79 Å². The summed E-state index contributed by atoms with van der Waals surface area (Å²) in [5, 5.41) is 0.446. The van der Waals surface area contributed by atoms with Crippen LogP contribution in [0.2, 0.25) is 0 Å². The van der Waals surface area contributed by atoms with E-state index in [1.54, 1.807) is 23.1 Å². The van der Waals surface area contributed by atoms with Crippen molar-refractivity contribution in [3.63, 3.8) is 0 Å². The molecule has 3 N–H and O–H groups in total. The van der Waals surface area contributed by atoms with Crippen LogP contribution in [-0.2, 0) is 0 Å². The van der Waals surface area contributed by atoms with Gasteiger partial charge in [-0.15, -0.1) is 0 Å². The molecule has 19 heavy (non-hydrogen) atoms. The van der Waals surface area contributed by atoms with E-state index in [4.69, 9.17) is 5.73 Å². The molecule has 1 saturated heterocycles. The van der Waals surface area contributed by atoms with E-state index < -0.39 is 0 Å². The predicted molar refractivity (Wildman–Crippen MR) is 71.3 cm³/mol. The third kappa shape index (κ3) is 1.90. The molecule has 0 aliphatic carbocycles. The molecule has 1 aromatic heterocycles. The van der Waals surface area contributed by atoms with Crippen LogP contribution >= 0.6 is 0 Å². The van der Waals surface area contributed by atoms with Crippen molar-refractivity contribution in [3.05, 3.63) is 35.8 Å². The second-order valence-corrected chi connectivity index (χ2v) is 5.08. The highest BCUT2D eigenvalue weighted by atomic mass is 19.1. The fourth-order valence-corrected chi connectivity index (χ4v) is 2.64. The lowest BCUT2D eigenvalue weighted by Gasteiger charge is -2.22. The lowest BCUT2D eigenvalue weighted by atomic mass is 10.1. The molecule has 0 saturated carbocycles. The number of fused-ring (bicyclic) bond motifs is 1. The summed E-state index contributed by atoms with van der Waals surface area (Å²) in [6.45, 7) is 2.60. The number of hydrogen-bond donors (Lipinski definition) is 2. The van der Waals surface area contributed by atoms with Gasteiger partial charge in [0.2, 0.25) is 0 Å². The van der Waals surface area contributed by atoms with Crippen LogP contribution in [-0.4, -0.2) is 34.4 Å². The van der Waals surface area contributed by atoms with E-state index in [1.165, 1.54) is 6.07 Å². The molecule has 1 aliphatic heterocycles. The van der Waals surface area contributed by atoms with Crippen LogP contribution in [0.15, 0.2) is 24.3 Å². The maximum absolute atomic E-state index is 13.6. The summed E-state index contributed by atoms with van der Waals surface area (Å²) in [4.78, 5) is 17.1. The minimum Gasteiger partial charge on any atom is -0.350 e. The number of halogens is 1. The number of nitrogens with zero attached hydrogens (tertiary/aromatic N) is 1. The van der Waals surface area contributed by atoms with Gasteiger partial charge in [-0.25, -0.2) is 4.39 Å². The quantitative estimate of drug-likeness (QED) is 0.823. The molecule has 1 aliphatic rings. The summed E-state index contributed by atoms with van der Waals surface area (Å²) in [6, 6.07) is 6.38. The van der Waals surface area contributed by atoms with Crippen molar-refractivity contribution < 1.29 is 9.18 Å². The fraction of sp³-hybridized carbons (Fsp3) is 0.357. The third-order valence-corrected chi connectivity index (χ3v) is 3.92. The molecule has 2 aromatic rings. The molecule has 100 valence electrons. The number of benzene rings is 1. The highest BCUT2D eigenvalue weighted by molar-refractivity contribution is 5.98. The Hall–Kier alpha value is -1.88. The molecule has 0 bridgehead atoms. The van der Waals surface area contributed by atoms with E-state index in [0.717, 1.165) is 6.42 Å². The summed E-state index contributed by atoms with van der Waals surface area (Å²) >= 11 is 0. The zero-order valence-electron chi connectivity index (χ0n) is 10.7. The van der Waals surface area contributed by atoms with Crippen LogP contribution in [0.1, 0.15) is 23.8 Å². The smallest absolute Gasteiger partial charge is 0.270 e. The Morgan fingerprint density at radius 1 is 1.53 bits per heavy atom. The average molecular weight is 261 g/mol. The maximum atomic E-state index is 13.6. The van der Waals surface area contributed by atoms with Crippen LogP contribution in [0.5, 0.6) is 0 Å². The SMILES string of the molecule is C[C@H]1[C@@H](N)CCN1C(=O)c1cc2c(F)cccc2[nH]1.